The maximum Gasteiger partial charge on any atom is 0.239 e. The molecule has 1 aromatic heterocycles. The predicted octanol–water partition coefficient (Wildman–Crippen LogP) is 2.29. The Morgan fingerprint density at radius 1 is 1.21 bits per heavy atom. The third kappa shape index (κ3) is 3.82. The Morgan fingerprint density at radius 2 is 2.00 bits per heavy atom. The van der Waals surface area contributed by atoms with E-state index in [1.807, 2.05) is 24.3 Å². The summed E-state index contributed by atoms with van der Waals surface area (Å²) in [5.41, 5.74) is 3.32. The summed E-state index contributed by atoms with van der Waals surface area (Å²) in [5.74, 6) is 7.16. The second-order valence-corrected chi connectivity index (χ2v) is 3.91. The van der Waals surface area contributed by atoms with Crippen LogP contribution in [0.1, 0.15) is 13.3 Å². The van der Waals surface area contributed by atoms with E-state index >= 15 is 0 Å². The van der Waals surface area contributed by atoms with Gasteiger partial charge >= 0.3 is 0 Å². The van der Waals surface area contributed by atoms with E-state index in [2.05, 4.69) is 27.6 Å². The van der Waals surface area contributed by atoms with Crippen LogP contribution < -0.4 is 21.3 Å². The van der Waals surface area contributed by atoms with Gasteiger partial charge in [-0.15, -0.1) is 0 Å². The smallest absolute Gasteiger partial charge is 0.239 e. The Labute approximate surface area is 112 Å². The average molecular weight is 259 g/mol. The fraction of sp³-hybridized carbons (Fsp3) is 0.231. The normalized spacial score (nSPS) is 10.0. The Balaban J connectivity index is 2.02. The molecule has 6 nitrogen and oxygen atoms in total. The van der Waals surface area contributed by atoms with Crippen molar-refractivity contribution < 1.29 is 4.74 Å². The van der Waals surface area contributed by atoms with Crippen LogP contribution in [0.25, 0.3) is 0 Å². The molecular weight excluding hydrogens is 242 g/mol. The number of hydrogen-bond donors (Lipinski definition) is 3. The van der Waals surface area contributed by atoms with E-state index in [1.54, 1.807) is 12.3 Å². The van der Waals surface area contributed by atoms with Crippen molar-refractivity contribution in [1.82, 2.24) is 9.97 Å². The molecule has 0 amide bonds. The molecule has 2 aromatic rings. The van der Waals surface area contributed by atoms with E-state index in [4.69, 9.17) is 10.6 Å². The van der Waals surface area contributed by atoms with Crippen molar-refractivity contribution in [3.63, 3.8) is 0 Å². The summed E-state index contributed by atoms with van der Waals surface area (Å²) < 4.78 is 5.52. The van der Waals surface area contributed by atoms with Crippen LogP contribution in [0.5, 0.6) is 5.75 Å². The number of ether oxygens (including phenoxy) is 1. The van der Waals surface area contributed by atoms with Gasteiger partial charge in [0.1, 0.15) is 11.6 Å². The largest absolute Gasteiger partial charge is 0.494 e. The molecule has 0 unspecified atom stereocenters. The first-order valence-electron chi connectivity index (χ1n) is 6.11. The van der Waals surface area contributed by atoms with Crippen LogP contribution in [0.4, 0.5) is 17.5 Å². The van der Waals surface area contributed by atoms with Crippen molar-refractivity contribution in [2.75, 3.05) is 17.3 Å². The highest BCUT2D eigenvalue weighted by Gasteiger charge is 1.99. The number of nitrogens with two attached hydrogens (primary N) is 1. The number of nitrogens with zero attached hydrogens (tertiary/aromatic N) is 2. The maximum absolute atomic E-state index is 5.52. The quantitative estimate of drug-likeness (QED) is 0.545. The first kappa shape index (κ1) is 13.1. The summed E-state index contributed by atoms with van der Waals surface area (Å²) in [7, 11) is 0. The lowest BCUT2D eigenvalue weighted by Gasteiger charge is -2.08. The molecule has 0 atom stereocenters. The average Bonchev–Trinajstić information content (AvgIpc) is 2.47. The van der Waals surface area contributed by atoms with Gasteiger partial charge in [0.05, 0.1) is 6.61 Å². The van der Waals surface area contributed by atoms with Gasteiger partial charge in [-0.25, -0.2) is 10.8 Å². The monoisotopic (exact) mass is 259 g/mol. The van der Waals surface area contributed by atoms with Crippen molar-refractivity contribution in [2.45, 2.75) is 13.3 Å². The molecule has 0 fully saturated rings. The number of rotatable bonds is 6. The molecule has 0 radical (unpaired) electrons. The molecule has 19 heavy (non-hydrogen) atoms. The van der Waals surface area contributed by atoms with Crippen LogP contribution in [0.2, 0.25) is 0 Å². The molecule has 0 aliphatic carbocycles. The van der Waals surface area contributed by atoms with Crippen molar-refractivity contribution >= 4 is 17.5 Å². The fourth-order valence-electron chi connectivity index (χ4n) is 1.50. The van der Waals surface area contributed by atoms with Crippen molar-refractivity contribution in [3.8, 4) is 5.75 Å². The predicted molar refractivity (Wildman–Crippen MR) is 75.4 cm³/mol. The second kappa shape index (κ2) is 6.55. The van der Waals surface area contributed by atoms with Crippen LogP contribution in [-0.4, -0.2) is 16.6 Å². The van der Waals surface area contributed by atoms with Gasteiger partial charge in [0, 0.05) is 11.9 Å². The van der Waals surface area contributed by atoms with Gasteiger partial charge in [-0.05, 0) is 36.8 Å². The van der Waals surface area contributed by atoms with Crippen LogP contribution in [0.3, 0.4) is 0 Å². The van der Waals surface area contributed by atoms with E-state index in [0.29, 0.717) is 11.8 Å². The number of nitrogen functional groups attached to an aromatic ring is 1. The highest BCUT2D eigenvalue weighted by molar-refractivity contribution is 5.57. The number of aromatic nitrogens is 2. The van der Waals surface area contributed by atoms with Crippen molar-refractivity contribution in [3.05, 3.63) is 36.5 Å². The molecule has 0 saturated heterocycles. The topological polar surface area (TPSA) is 85.1 Å². The zero-order valence-corrected chi connectivity index (χ0v) is 10.8. The minimum atomic E-state index is 0.368. The first-order valence-corrected chi connectivity index (χ1v) is 6.11. The summed E-state index contributed by atoms with van der Waals surface area (Å²) in [4.78, 5) is 8.11. The summed E-state index contributed by atoms with van der Waals surface area (Å²) in [6, 6.07) is 9.47. The third-order valence-corrected chi connectivity index (χ3v) is 2.38. The summed E-state index contributed by atoms with van der Waals surface area (Å²) in [6.45, 7) is 2.80. The number of hydrazine groups is 1. The van der Waals surface area contributed by atoms with Gasteiger partial charge in [-0.2, -0.15) is 4.98 Å². The Morgan fingerprint density at radius 3 is 2.68 bits per heavy atom. The summed E-state index contributed by atoms with van der Waals surface area (Å²) in [5, 5.41) is 3.16. The number of anilines is 3. The lowest BCUT2D eigenvalue weighted by Crippen LogP contribution is -2.10. The second-order valence-electron chi connectivity index (χ2n) is 3.91. The molecule has 0 saturated carbocycles. The Bertz CT molecular complexity index is 515. The lowest BCUT2D eigenvalue weighted by atomic mass is 10.3. The molecule has 0 bridgehead atoms. The van der Waals surface area contributed by atoms with E-state index in [1.165, 1.54) is 0 Å². The highest BCUT2D eigenvalue weighted by atomic mass is 16.5. The molecule has 4 N–H and O–H groups in total. The zero-order valence-electron chi connectivity index (χ0n) is 10.8. The fourth-order valence-corrected chi connectivity index (χ4v) is 1.50. The molecule has 0 aliphatic heterocycles. The van der Waals surface area contributed by atoms with Crippen molar-refractivity contribution in [1.29, 1.82) is 0 Å². The van der Waals surface area contributed by atoms with Gasteiger partial charge in [-0.3, -0.25) is 5.43 Å². The standard InChI is InChI=1S/C13H17N5O/c1-2-9-19-11-5-3-10(4-6-11)16-12-7-8-15-13(17-12)18-14/h3-8H,2,9,14H2,1H3,(H2,15,16,17,18). The van der Waals surface area contributed by atoms with Crippen LogP contribution in [0.15, 0.2) is 36.5 Å². The van der Waals surface area contributed by atoms with Gasteiger partial charge < -0.3 is 10.1 Å². The van der Waals surface area contributed by atoms with Gasteiger partial charge in [0.25, 0.3) is 0 Å². The van der Waals surface area contributed by atoms with Gasteiger partial charge in [0.15, 0.2) is 0 Å². The molecule has 1 heterocycles. The minimum absolute atomic E-state index is 0.368. The van der Waals surface area contributed by atoms with E-state index in [9.17, 15) is 0 Å². The third-order valence-electron chi connectivity index (χ3n) is 2.38. The lowest BCUT2D eigenvalue weighted by molar-refractivity contribution is 0.317. The molecule has 6 heteroatoms. The molecule has 0 aliphatic rings. The van der Waals surface area contributed by atoms with Crippen LogP contribution >= 0.6 is 0 Å². The summed E-state index contributed by atoms with van der Waals surface area (Å²) in [6.07, 6.45) is 2.62. The highest BCUT2D eigenvalue weighted by Crippen LogP contribution is 2.19. The first-order chi connectivity index (χ1) is 9.31. The number of nitrogens with one attached hydrogen (secondary N) is 2. The maximum atomic E-state index is 5.52. The van der Waals surface area contributed by atoms with E-state index < -0.39 is 0 Å². The zero-order chi connectivity index (χ0) is 13.5. The Hall–Kier alpha value is -2.34. The van der Waals surface area contributed by atoms with Crippen LogP contribution in [0, 0.1) is 0 Å². The van der Waals surface area contributed by atoms with E-state index in [-0.39, 0.29) is 0 Å². The minimum Gasteiger partial charge on any atom is -0.494 e. The van der Waals surface area contributed by atoms with Crippen molar-refractivity contribution in [2.24, 2.45) is 5.84 Å². The SMILES string of the molecule is CCCOc1ccc(Nc2ccnc(NN)n2)cc1. The molecule has 1 aromatic carbocycles. The summed E-state index contributed by atoms with van der Waals surface area (Å²) >= 11 is 0. The van der Waals surface area contributed by atoms with Gasteiger partial charge in [0.2, 0.25) is 5.95 Å². The molecule has 0 spiro atoms. The van der Waals surface area contributed by atoms with Gasteiger partial charge in [-0.1, -0.05) is 6.92 Å². The molecular formula is C13H17N5O. The molecule has 100 valence electrons. The Kier molecular flexibility index (Phi) is 4.52. The molecule has 2 rings (SSSR count). The van der Waals surface area contributed by atoms with Crippen LogP contribution in [-0.2, 0) is 0 Å². The van der Waals surface area contributed by atoms with E-state index in [0.717, 1.165) is 24.5 Å². The number of hydrogen-bond acceptors (Lipinski definition) is 6. The number of benzene rings is 1.